The minimum atomic E-state index is -0.185. The van der Waals surface area contributed by atoms with Crippen LogP contribution in [0, 0.1) is 0 Å². The van der Waals surface area contributed by atoms with Gasteiger partial charge in [0.2, 0.25) is 0 Å². The van der Waals surface area contributed by atoms with E-state index in [-0.39, 0.29) is 18.7 Å². The zero-order valence-corrected chi connectivity index (χ0v) is 16.3. The van der Waals surface area contributed by atoms with Crippen molar-refractivity contribution in [3.8, 4) is 0 Å². The fourth-order valence-corrected chi connectivity index (χ4v) is 3.90. The predicted octanol–water partition coefficient (Wildman–Crippen LogP) is 3.13. The third-order valence-electron chi connectivity index (χ3n) is 5.40. The molecule has 1 fully saturated rings. The number of ether oxygens (including phenoxy) is 1. The molecular weight excluding hydrogens is 382 g/mol. The molecule has 5 rings (SSSR count). The first kappa shape index (κ1) is 18.5. The van der Waals surface area contributed by atoms with Gasteiger partial charge in [0.25, 0.3) is 5.91 Å². The molecule has 0 bridgehead atoms. The van der Waals surface area contributed by atoms with E-state index < -0.39 is 0 Å². The summed E-state index contributed by atoms with van der Waals surface area (Å²) in [6.07, 6.45) is 9.07. The average molecular weight is 403 g/mol. The molecule has 1 saturated heterocycles. The normalized spacial score (nSPS) is 16.7. The molecule has 1 N–H and O–H groups in total. The summed E-state index contributed by atoms with van der Waals surface area (Å²) in [5.41, 5.74) is 3.47. The van der Waals surface area contributed by atoms with Crippen LogP contribution in [0.15, 0.2) is 48.9 Å². The first-order valence-corrected chi connectivity index (χ1v) is 10.0. The second-order valence-electron chi connectivity index (χ2n) is 7.41. The molecule has 152 valence electrons. The number of amides is 1. The molecule has 4 aromatic rings. The Labute approximate surface area is 172 Å². The van der Waals surface area contributed by atoms with Crippen LogP contribution in [0.5, 0.6) is 0 Å². The molecule has 30 heavy (non-hydrogen) atoms. The Morgan fingerprint density at radius 1 is 1.23 bits per heavy atom. The summed E-state index contributed by atoms with van der Waals surface area (Å²) < 4.78 is 9.50. The molecule has 1 atom stereocenters. The number of fused-ring (bicyclic) bond motifs is 2. The molecule has 1 aliphatic rings. The van der Waals surface area contributed by atoms with Crippen molar-refractivity contribution in [2.24, 2.45) is 0 Å². The first-order valence-electron chi connectivity index (χ1n) is 10.0. The smallest absolute Gasteiger partial charge is 0.252 e. The molecule has 1 amide bonds. The molecule has 1 aromatic carbocycles. The van der Waals surface area contributed by atoms with Gasteiger partial charge in [-0.3, -0.25) is 9.59 Å². The van der Waals surface area contributed by atoms with Gasteiger partial charge in [-0.05, 0) is 43.5 Å². The van der Waals surface area contributed by atoms with Crippen LogP contribution in [0.4, 0.5) is 0 Å². The molecule has 8 nitrogen and oxygen atoms in total. The zero-order valence-electron chi connectivity index (χ0n) is 16.3. The molecule has 0 aliphatic carbocycles. The van der Waals surface area contributed by atoms with Crippen LogP contribution in [0.2, 0.25) is 0 Å². The van der Waals surface area contributed by atoms with Gasteiger partial charge in [-0.15, -0.1) is 0 Å². The average Bonchev–Trinajstić information content (AvgIpc) is 3.41. The van der Waals surface area contributed by atoms with Crippen LogP contribution in [0.3, 0.4) is 0 Å². The van der Waals surface area contributed by atoms with E-state index in [0.29, 0.717) is 16.8 Å². The highest BCUT2D eigenvalue weighted by atomic mass is 16.5. The van der Waals surface area contributed by atoms with Crippen LogP contribution < -0.4 is 5.32 Å². The van der Waals surface area contributed by atoms with E-state index >= 15 is 0 Å². The number of hydrogen-bond acceptors (Lipinski definition) is 5. The van der Waals surface area contributed by atoms with Crippen LogP contribution >= 0.6 is 0 Å². The standard InChI is InChI=1S/C22H21N5O3/c28-14-15-7-8-20-25-16(13-26(20)12-15)10-23-22(29)17-4-3-5-19-18(17)11-24-27(19)21-6-1-2-9-30-21/h3-5,7-8,11-14,21H,1-2,6,9-10H2,(H,23,29). The van der Waals surface area contributed by atoms with Gasteiger partial charge < -0.3 is 14.5 Å². The number of benzene rings is 1. The van der Waals surface area contributed by atoms with Crippen molar-refractivity contribution in [3.63, 3.8) is 0 Å². The highest BCUT2D eigenvalue weighted by Crippen LogP contribution is 2.27. The van der Waals surface area contributed by atoms with E-state index in [4.69, 9.17) is 4.74 Å². The number of aldehydes is 1. The second-order valence-corrected chi connectivity index (χ2v) is 7.41. The number of hydrogen-bond donors (Lipinski definition) is 1. The van der Waals surface area contributed by atoms with Crippen LogP contribution in [-0.2, 0) is 11.3 Å². The van der Waals surface area contributed by atoms with Gasteiger partial charge in [-0.2, -0.15) is 5.10 Å². The fraction of sp³-hybridized carbons (Fsp3) is 0.273. The van der Waals surface area contributed by atoms with Gasteiger partial charge >= 0.3 is 0 Å². The third-order valence-corrected chi connectivity index (χ3v) is 5.40. The number of carbonyl (C=O) groups is 2. The van der Waals surface area contributed by atoms with Crippen LogP contribution in [0.1, 0.15) is 51.9 Å². The Balaban J connectivity index is 1.36. The van der Waals surface area contributed by atoms with Crippen LogP contribution in [-0.4, -0.2) is 38.0 Å². The lowest BCUT2D eigenvalue weighted by molar-refractivity contribution is -0.0366. The molecule has 0 radical (unpaired) electrons. The Morgan fingerprint density at radius 3 is 3.00 bits per heavy atom. The highest BCUT2D eigenvalue weighted by Gasteiger charge is 2.20. The fourth-order valence-electron chi connectivity index (χ4n) is 3.90. The summed E-state index contributed by atoms with van der Waals surface area (Å²) in [5, 5.41) is 8.23. The zero-order chi connectivity index (χ0) is 20.5. The van der Waals surface area contributed by atoms with E-state index in [9.17, 15) is 9.59 Å². The topological polar surface area (TPSA) is 90.5 Å². The van der Waals surface area contributed by atoms with Gasteiger partial charge in [-0.1, -0.05) is 6.07 Å². The number of carbonyl (C=O) groups excluding carboxylic acids is 2. The summed E-state index contributed by atoms with van der Waals surface area (Å²) in [4.78, 5) is 28.3. The van der Waals surface area contributed by atoms with E-state index in [2.05, 4.69) is 15.4 Å². The lowest BCUT2D eigenvalue weighted by Crippen LogP contribution is -2.23. The number of imidazole rings is 1. The predicted molar refractivity (Wildman–Crippen MR) is 110 cm³/mol. The summed E-state index contributed by atoms with van der Waals surface area (Å²) in [6, 6.07) is 9.11. The van der Waals surface area contributed by atoms with E-state index in [1.165, 1.54) is 0 Å². The monoisotopic (exact) mass is 403 g/mol. The molecule has 8 heteroatoms. The molecule has 1 unspecified atom stereocenters. The van der Waals surface area contributed by atoms with Crippen molar-refractivity contribution < 1.29 is 14.3 Å². The Kier molecular flexibility index (Phi) is 4.76. The summed E-state index contributed by atoms with van der Waals surface area (Å²) in [5.74, 6) is -0.185. The lowest BCUT2D eigenvalue weighted by atomic mass is 10.1. The summed E-state index contributed by atoms with van der Waals surface area (Å²) in [7, 11) is 0. The number of rotatable bonds is 5. The molecule has 1 aliphatic heterocycles. The highest BCUT2D eigenvalue weighted by molar-refractivity contribution is 6.06. The van der Waals surface area contributed by atoms with Crippen molar-refractivity contribution >= 4 is 28.7 Å². The Morgan fingerprint density at radius 2 is 2.17 bits per heavy atom. The molecule has 3 aromatic heterocycles. The van der Waals surface area contributed by atoms with Gasteiger partial charge in [0.1, 0.15) is 5.65 Å². The summed E-state index contributed by atoms with van der Waals surface area (Å²) >= 11 is 0. The Hall–Kier alpha value is -3.52. The maximum atomic E-state index is 12.9. The minimum Gasteiger partial charge on any atom is -0.356 e. The molecule has 0 spiro atoms. The van der Waals surface area contributed by atoms with Crippen molar-refractivity contribution in [3.05, 3.63) is 65.7 Å². The van der Waals surface area contributed by atoms with Gasteiger partial charge in [-0.25, -0.2) is 9.67 Å². The molecular formula is C22H21N5O3. The van der Waals surface area contributed by atoms with E-state index in [0.717, 1.165) is 48.7 Å². The minimum absolute atomic E-state index is 0.0798. The maximum absolute atomic E-state index is 12.9. The van der Waals surface area contributed by atoms with Crippen LogP contribution in [0.25, 0.3) is 16.6 Å². The SMILES string of the molecule is O=Cc1ccc2nc(CNC(=O)c3cccc4c3cnn4C3CCCCO3)cn2c1. The molecule has 4 heterocycles. The quantitative estimate of drug-likeness (QED) is 0.517. The second kappa shape index (κ2) is 7.72. The number of aromatic nitrogens is 4. The Bertz CT molecular complexity index is 1240. The lowest BCUT2D eigenvalue weighted by Gasteiger charge is -2.23. The van der Waals surface area contributed by atoms with Crippen molar-refractivity contribution in [1.29, 1.82) is 0 Å². The largest absolute Gasteiger partial charge is 0.356 e. The van der Waals surface area contributed by atoms with Gasteiger partial charge in [0.15, 0.2) is 12.5 Å². The van der Waals surface area contributed by atoms with Gasteiger partial charge in [0.05, 0.1) is 29.5 Å². The number of pyridine rings is 1. The van der Waals surface area contributed by atoms with Crippen molar-refractivity contribution in [2.45, 2.75) is 32.0 Å². The van der Waals surface area contributed by atoms with E-state index in [1.807, 2.05) is 23.0 Å². The number of nitrogens with zero attached hydrogens (tertiary/aromatic N) is 4. The van der Waals surface area contributed by atoms with Crippen molar-refractivity contribution in [1.82, 2.24) is 24.5 Å². The van der Waals surface area contributed by atoms with E-state index in [1.54, 1.807) is 35.0 Å². The first-order chi connectivity index (χ1) is 14.7. The van der Waals surface area contributed by atoms with Crippen molar-refractivity contribution in [2.75, 3.05) is 6.61 Å². The third kappa shape index (κ3) is 3.35. The summed E-state index contributed by atoms with van der Waals surface area (Å²) in [6.45, 7) is 1.02. The van der Waals surface area contributed by atoms with Gasteiger partial charge in [0, 0.05) is 30.0 Å². The number of nitrogens with one attached hydrogen (secondary N) is 1. The molecule has 0 saturated carbocycles. The maximum Gasteiger partial charge on any atom is 0.252 e.